The Balaban J connectivity index is 3.16. The van der Waals surface area contributed by atoms with Gasteiger partial charge in [0.15, 0.2) is 0 Å². The van der Waals surface area contributed by atoms with E-state index in [9.17, 15) is 5.11 Å². The van der Waals surface area contributed by atoms with Gasteiger partial charge in [-0.25, -0.2) is 0 Å². The smallest absolute Gasteiger partial charge is 0.0619 e. The van der Waals surface area contributed by atoms with Gasteiger partial charge in [-0.15, -0.1) is 0 Å². The summed E-state index contributed by atoms with van der Waals surface area (Å²) in [6, 6.07) is 0. The molecular formula is C17H36O. The highest BCUT2D eigenvalue weighted by Gasteiger charge is 2.17. The highest BCUT2D eigenvalue weighted by atomic mass is 16.3. The summed E-state index contributed by atoms with van der Waals surface area (Å²) in [5.74, 6) is 0. The first-order chi connectivity index (χ1) is 8.62. The molecule has 0 aromatic rings. The van der Waals surface area contributed by atoms with Gasteiger partial charge in [0, 0.05) is 0 Å². The first-order valence-electron chi connectivity index (χ1n) is 8.34. The van der Waals surface area contributed by atoms with E-state index in [1.54, 1.807) is 0 Å². The van der Waals surface area contributed by atoms with Crippen LogP contribution in [0.15, 0.2) is 0 Å². The molecule has 1 unspecified atom stereocenters. The summed E-state index contributed by atoms with van der Waals surface area (Å²) in [5.41, 5.74) is -0.408. The zero-order valence-corrected chi connectivity index (χ0v) is 13.1. The minimum absolute atomic E-state index is 0.408. The second-order valence-electron chi connectivity index (χ2n) is 6.18. The molecule has 110 valence electrons. The van der Waals surface area contributed by atoms with E-state index in [1.807, 2.05) is 6.92 Å². The van der Waals surface area contributed by atoms with Crippen molar-refractivity contribution in [3.8, 4) is 0 Å². The lowest BCUT2D eigenvalue weighted by molar-refractivity contribution is 0.0386. The Morgan fingerprint density at radius 3 is 1.50 bits per heavy atom. The molecule has 0 aliphatic carbocycles. The van der Waals surface area contributed by atoms with Crippen molar-refractivity contribution in [1.82, 2.24) is 0 Å². The van der Waals surface area contributed by atoms with Gasteiger partial charge in [-0.05, 0) is 19.8 Å². The number of unbranched alkanes of at least 4 members (excludes halogenated alkanes) is 9. The SMILES string of the molecule is CCCCCCCCCCCCC(C)(O)CCC. The predicted octanol–water partition coefficient (Wildman–Crippen LogP) is 5.85. The highest BCUT2D eigenvalue weighted by molar-refractivity contribution is 4.71. The van der Waals surface area contributed by atoms with E-state index in [4.69, 9.17) is 0 Å². The third kappa shape index (κ3) is 12.4. The fourth-order valence-corrected chi connectivity index (χ4v) is 2.66. The van der Waals surface area contributed by atoms with Crippen molar-refractivity contribution in [3.05, 3.63) is 0 Å². The largest absolute Gasteiger partial charge is 0.390 e. The number of rotatable bonds is 13. The van der Waals surface area contributed by atoms with E-state index in [-0.39, 0.29) is 0 Å². The Labute approximate surface area is 115 Å². The van der Waals surface area contributed by atoms with Crippen molar-refractivity contribution in [2.24, 2.45) is 0 Å². The van der Waals surface area contributed by atoms with Gasteiger partial charge in [-0.1, -0.05) is 84.5 Å². The summed E-state index contributed by atoms with van der Waals surface area (Å²) in [7, 11) is 0. The van der Waals surface area contributed by atoms with Crippen LogP contribution in [0.25, 0.3) is 0 Å². The van der Waals surface area contributed by atoms with Gasteiger partial charge >= 0.3 is 0 Å². The summed E-state index contributed by atoms with van der Waals surface area (Å²) in [5, 5.41) is 10.0. The minimum Gasteiger partial charge on any atom is -0.390 e. The molecule has 0 aliphatic rings. The minimum atomic E-state index is -0.408. The van der Waals surface area contributed by atoms with Crippen molar-refractivity contribution in [2.75, 3.05) is 0 Å². The molecule has 0 heterocycles. The van der Waals surface area contributed by atoms with E-state index in [0.29, 0.717) is 0 Å². The van der Waals surface area contributed by atoms with Gasteiger partial charge in [0.2, 0.25) is 0 Å². The summed E-state index contributed by atoms with van der Waals surface area (Å²) in [4.78, 5) is 0. The van der Waals surface area contributed by atoms with Gasteiger partial charge in [0.25, 0.3) is 0 Å². The molecule has 0 saturated heterocycles. The van der Waals surface area contributed by atoms with E-state index in [0.717, 1.165) is 19.3 Å². The van der Waals surface area contributed by atoms with Crippen LogP contribution in [0.4, 0.5) is 0 Å². The van der Waals surface area contributed by atoms with Crippen molar-refractivity contribution in [1.29, 1.82) is 0 Å². The third-order valence-corrected chi connectivity index (χ3v) is 3.86. The van der Waals surface area contributed by atoms with Crippen LogP contribution < -0.4 is 0 Å². The molecule has 0 saturated carbocycles. The van der Waals surface area contributed by atoms with Crippen molar-refractivity contribution < 1.29 is 5.11 Å². The second kappa shape index (κ2) is 12.0. The molecule has 0 amide bonds. The van der Waals surface area contributed by atoms with E-state index < -0.39 is 5.60 Å². The average molecular weight is 256 g/mol. The Kier molecular flexibility index (Phi) is 12.0. The van der Waals surface area contributed by atoms with Gasteiger partial charge < -0.3 is 5.11 Å². The molecule has 1 N–H and O–H groups in total. The van der Waals surface area contributed by atoms with Crippen molar-refractivity contribution in [3.63, 3.8) is 0 Å². The quantitative estimate of drug-likeness (QED) is 0.410. The van der Waals surface area contributed by atoms with E-state index >= 15 is 0 Å². The summed E-state index contributed by atoms with van der Waals surface area (Å²) < 4.78 is 0. The fourth-order valence-electron chi connectivity index (χ4n) is 2.66. The molecule has 1 nitrogen and oxygen atoms in total. The first-order valence-corrected chi connectivity index (χ1v) is 8.34. The van der Waals surface area contributed by atoms with Gasteiger partial charge in [-0.2, -0.15) is 0 Å². The van der Waals surface area contributed by atoms with Crippen LogP contribution in [-0.2, 0) is 0 Å². The van der Waals surface area contributed by atoms with Crippen molar-refractivity contribution >= 4 is 0 Å². The maximum atomic E-state index is 10.0. The van der Waals surface area contributed by atoms with Crippen LogP contribution in [-0.4, -0.2) is 10.7 Å². The molecule has 18 heavy (non-hydrogen) atoms. The predicted molar refractivity (Wildman–Crippen MR) is 82.0 cm³/mol. The average Bonchev–Trinajstić information content (AvgIpc) is 2.31. The molecular weight excluding hydrogens is 220 g/mol. The zero-order chi connectivity index (χ0) is 13.7. The Morgan fingerprint density at radius 2 is 1.06 bits per heavy atom. The third-order valence-electron chi connectivity index (χ3n) is 3.86. The molecule has 0 aromatic carbocycles. The number of aliphatic hydroxyl groups is 1. The molecule has 0 bridgehead atoms. The maximum Gasteiger partial charge on any atom is 0.0619 e. The standard InChI is InChI=1S/C17H36O/c1-4-6-7-8-9-10-11-12-13-14-16-17(3,18)15-5-2/h18H,4-16H2,1-3H3. The lowest BCUT2D eigenvalue weighted by Crippen LogP contribution is -2.23. The van der Waals surface area contributed by atoms with Gasteiger partial charge in [0.1, 0.15) is 0 Å². The summed E-state index contributed by atoms with van der Waals surface area (Å²) in [6.45, 7) is 6.41. The Bertz CT molecular complexity index is 163. The van der Waals surface area contributed by atoms with Crippen LogP contribution in [0, 0.1) is 0 Å². The van der Waals surface area contributed by atoms with E-state index in [2.05, 4.69) is 13.8 Å². The lowest BCUT2D eigenvalue weighted by Gasteiger charge is -2.22. The Hall–Kier alpha value is -0.0400. The maximum absolute atomic E-state index is 10.0. The molecule has 1 heteroatoms. The molecule has 1 atom stereocenters. The number of hydrogen-bond acceptors (Lipinski definition) is 1. The van der Waals surface area contributed by atoms with E-state index in [1.165, 1.54) is 64.2 Å². The fraction of sp³-hybridized carbons (Fsp3) is 1.00. The normalized spacial score (nSPS) is 14.7. The van der Waals surface area contributed by atoms with Crippen LogP contribution in [0.5, 0.6) is 0 Å². The zero-order valence-electron chi connectivity index (χ0n) is 13.1. The Morgan fingerprint density at radius 1 is 0.611 bits per heavy atom. The van der Waals surface area contributed by atoms with Gasteiger partial charge in [0.05, 0.1) is 5.60 Å². The van der Waals surface area contributed by atoms with Crippen LogP contribution >= 0.6 is 0 Å². The van der Waals surface area contributed by atoms with Gasteiger partial charge in [-0.3, -0.25) is 0 Å². The molecule has 0 fully saturated rings. The van der Waals surface area contributed by atoms with Crippen LogP contribution in [0.1, 0.15) is 104 Å². The highest BCUT2D eigenvalue weighted by Crippen LogP contribution is 2.20. The molecule has 0 spiro atoms. The molecule has 0 rings (SSSR count). The molecule has 0 radical (unpaired) electrons. The van der Waals surface area contributed by atoms with Crippen LogP contribution in [0.3, 0.4) is 0 Å². The van der Waals surface area contributed by atoms with Crippen LogP contribution in [0.2, 0.25) is 0 Å². The second-order valence-corrected chi connectivity index (χ2v) is 6.18. The lowest BCUT2D eigenvalue weighted by atomic mass is 9.93. The molecule has 0 aliphatic heterocycles. The number of hydrogen-bond donors (Lipinski definition) is 1. The summed E-state index contributed by atoms with van der Waals surface area (Å²) in [6.07, 6.45) is 16.7. The first kappa shape index (κ1) is 18.0. The molecule has 0 aromatic heterocycles. The summed E-state index contributed by atoms with van der Waals surface area (Å²) >= 11 is 0. The monoisotopic (exact) mass is 256 g/mol. The van der Waals surface area contributed by atoms with Crippen molar-refractivity contribution in [2.45, 2.75) is 110 Å². The topological polar surface area (TPSA) is 20.2 Å².